The second-order valence-electron chi connectivity index (χ2n) is 7.88. The molecule has 1 aliphatic heterocycles. The summed E-state index contributed by atoms with van der Waals surface area (Å²) in [5.74, 6) is -5.53. The number of likely N-dealkylation sites (tertiary alicyclic amines) is 1. The van der Waals surface area contributed by atoms with E-state index in [9.17, 15) is 33.9 Å². The molecule has 0 aromatic carbocycles. The maximum Gasteiger partial charge on any atom is 0.326 e. The lowest BCUT2D eigenvalue weighted by Gasteiger charge is -2.28. The van der Waals surface area contributed by atoms with Crippen LogP contribution in [0.4, 0.5) is 0 Å². The van der Waals surface area contributed by atoms with Crippen LogP contribution in [0.15, 0.2) is 0 Å². The predicted molar refractivity (Wildman–Crippen MR) is 115 cm³/mol. The second-order valence-corrected chi connectivity index (χ2v) is 7.88. The van der Waals surface area contributed by atoms with E-state index in [1.807, 2.05) is 0 Å². The molecule has 4 unspecified atom stereocenters. The lowest BCUT2D eigenvalue weighted by molar-refractivity contribution is -0.149. The van der Waals surface area contributed by atoms with E-state index < -0.39 is 72.5 Å². The first-order valence-electron chi connectivity index (χ1n) is 10.6. The van der Waals surface area contributed by atoms with E-state index in [1.54, 1.807) is 0 Å². The number of nitrogens with one attached hydrogen (secondary N) is 2. The molecule has 0 radical (unpaired) electrons. The van der Waals surface area contributed by atoms with Gasteiger partial charge in [0, 0.05) is 6.54 Å². The first kappa shape index (κ1) is 27.8. The van der Waals surface area contributed by atoms with Gasteiger partial charge in [-0.05, 0) is 32.2 Å². The lowest BCUT2D eigenvalue weighted by Crippen LogP contribution is -2.58. The average molecular weight is 472 g/mol. The Labute approximate surface area is 190 Å². The van der Waals surface area contributed by atoms with Crippen molar-refractivity contribution in [2.75, 3.05) is 13.1 Å². The SMILES string of the molecule is NCCCCC(N)C(=O)NC(CC(N)=O)C(=O)NC(CC(N)=O)C(=O)N1CCCC1C(=O)O. The summed E-state index contributed by atoms with van der Waals surface area (Å²) >= 11 is 0. The lowest BCUT2D eigenvalue weighted by atomic mass is 10.1. The maximum atomic E-state index is 12.9. The van der Waals surface area contributed by atoms with E-state index >= 15 is 0 Å². The Balaban J connectivity index is 2.95. The molecular formula is C19H33N7O7. The first-order valence-corrected chi connectivity index (χ1v) is 10.6. The molecule has 0 saturated carbocycles. The Morgan fingerprint density at radius 3 is 2.06 bits per heavy atom. The van der Waals surface area contributed by atoms with E-state index in [0.29, 0.717) is 32.2 Å². The molecule has 1 fully saturated rings. The quantitative estimate of drug-likeness (QED) is 0.123. The van der Waals surface area contributed by atoms with Crippen LogP contribution in [0.3, 0.4) is 0 Å². The van der Waals surface area contributed by atoms with Crippen LogP contribution in [0, 0.1) is 0 Å². The Morgan fingerprint density at radius 1 is 0.939 bits per heavy atom. The summed E-state index contributed by atoms with van der Waals surface area (Å²) < 4.78 is 0. The molecule has 4 atom stereocenters. The van der Waals surface area contributed by atoms with Crippen LogP contribution in [0.5, 0.6) is 0 Å². The topological polar surface area (TPSA) is 254 Å². The number of carbonyl (C=O) groups excluding carboxylic acids is 5. The van der Waals surface area contributed by atoms with Gasteiger partial charge in [0.05, 0.1) is 18.9 Å². The third-order valence-corrected chi connectivity index (χ3v) is 5.19. The van der Waals surface area contributed by atoms with Gasteiger partial charge in [-0.2, -0.15) is 0 Å². The summed E-state index contributed by atoms with van der Waals surface area (Å²) in [4.78, 5) is 73.4. The highest BCUT2D eigenvalue weighted by molar-refractivity contribution is 5.97. The highest BCUT2D eigenvalue weighted by Crippen LogP contribution is 2.19. The van der Waals surface area contributed by atoms with Crippen molar-refractivity contribution in [3.8, 4) is 0 Å². The van der Waals surface area contributed by atoms with Gasteiger partial charge in [0.1, 0.15) is 18.1 Å². The van der Waals surface area contributed by atoms with Gasteiger partial charge in [-0.1, -0.05) is 6.42 Å². The van der Waals surface area contributed by atoms with Crippen molar-refractivity contribution < 1.29 is 33.9 Å². The van der Waals surface area contributed by atoms with Crippen molar-refractivity contribution >= 4 is 35.5 Å². The number of nitrogens with zero attached hydrogens (tertiary/aromatic N) is 1. The maximum absolute atomic E-state index is 12.9. The van der Waals surface area contributed by atoms with Gasteiger partial charge in [-0.25, -0.2) is 4.79 Å². The summed E-state index contributed by atoms with van der Waals surface area (Å²) in [6.45, 7) is 0.552. The van der Waals surface area contributed by atoms with E-state index in [-0.39, 0.29) is 13.0 Å². The predicted octanol–water partition coefficient (Wildman–Crippen LogP) is -3.76. The second kappa shape index (κ2) is 13.3. The van der Waals surface area contributed by atoms with Crippen LogP contribution < -0.4 is 33.6 Å². The molecule has 0 aromatic heterocycles. The van der Waals surface area contributed by atoms with Gasteiger partial charge in [-0.15, -0.1) is 0 Å². The zero-order valence-corrected chi connectivity index (χ0v) is 18.3. The normalized spacial score (nSPS) is 18.1. The Bertz CT molecular complexity index is 761. The minimum absolute atomic E-state index is 0.125. The minimum Gasteiger partial charge on any atom is -0.480 e. The van der Waals surface area contributed by atoms with Crippen LogP contribution >= 0.6 is 0 Å². The molecule has 5 amide bonds. The molecule has 1 rings (SSSR count). The van der Waals surface area contributed by atoms with Gasteiger partial charge < -0.3 is 43.6 Å². The number of aliphatic carboxylic acids is 1. The number of amides is 5. The molecule has 0 bridgehead atoms. The Kier molecular flexibility index (Phi) is 11.2. The monoisotopic (exact) mass is 471 g/mol. The standard InChI is InChI=1S/C19H33N7O7/c20-6-2-1-4-10(21)16(29)24-11(8-14(22)27)17(30)25-12(9-15(23)28)18(31)26-7-3-5-13(26)19(32)33/h10-13H,1-9,20-21H2,(H2,22,27)(H2,23,28)(H,24,29)(H,25,30)(H,32,33). The van der Waals surface area contributed by atoms with Gasteiger partial charge in [-0.3, -0.25) is 24.0 Å². The number of carboxylic acids is 1. The van der Waals surface area contributed by atoms with Crippen LogP contribution in [0.2, 0.25) is 0 Å². The average Bonchev–Trinajstić information content (AvgIpc) is 3.21. The number of rotatable bonds is 14. The first-order chi connectivity index (χ1) is 15.5. The van der Waals surface area contributed by atoms with Crippen molar-refractivity contribution in [3.05, 3.63) is 0 Å². The molecule has 11 N–H and O–H groups in total. The Morgan fingerprint density at radius 2 is 1.52 bits per heavy atom. The number of unbranched alkanes of at least 4 members (excludes halogenated alkanes) is 1. The van der Waals surface area contributed by atoms with Crippen LogP contribution in [-0.2, 0) is 28.8 Å². The zero-order valence-electron chi connectivity index (χ0n) is 18.3. The number of carboxylic acid groups (broad SMARTS) is 1. The zero-order chi connectivity index (χ0) is 25.1. The molecule has 14 heteroatoms. The van der Waals surface area contributed by atoms with Crippen molar-refractivity contribution in [1.29, 1.82) is 0 Å². The largest absolute Gasteiger partial charge is 0.480 e. The fraction of sp³-hybridized carbons (Fsp3) is 0.684. The van der Waals surface area contributed by atoms with Crippen molar-refractivity contribution in [3.63, 3.8) is 0 Å². The number of nitrogens with two attached hydrogens (primary N) is 4. The highest BCUT2D eigenvalue weighted by Gasteiger charge is 2.39. The Hall–Kier alpha value is -3.26. The fourth-order valence-corrected chi connectivity index (χ4v) is 3.49. The summed E-state index contributed by atoms with van der Waals surface area (Å²) in [5.41, 5.74) is 21.6. The number of hydrogen-bond acceptors (Lipinski definition) is 8. The van der Waals surface area contributed by atoms with E-state index in [0.717, 1.165) is 4.90 Å². The van der Waals surface area contributed by atoms with Crippen LogP contribution in [0.25, 0.3) is 0 Å². The summed E-state index contributed by atoms with van der Waals surface area (Å²) in [5, 5.41) is 13.9. The third kappa shape index (κ3) is 9.02. The van der Waals surface area contributed by atoms with Gasteiger partial charge >= 0.3 is 5.97 Å². The van der Waals surface area contributed by atoms with E-state index in [4.69, 9.17) is 22.9 Å². The van der Waals surface area contributed by atoms with Crippen molar-refractivity contribution in [2.24, 2.45) is 22.9 Å². The number of hydrogen-bond donors (Lipinski definition) is 7. The summed E-state index contributed by atoms with van der Waals surface area (Å²) in [6, 6.07) is -5.02. The van der Waals surface area contributed by atoms with Crippen LogP contribution in [-0.4, -0.2) is 82.8 Å². The van der Waals surface area contributed by atoms with Crippen molar-refractivity contribution in [2.45, 2.75) is 69.1 Å². The molecule has 186 valence electrons. The number of carbonyl (C=O) groups is 6. The highest BCUT2D eigenvalue weighted by atomic mass is 16.4. The molecule has 1 heterocycles. The molecule has 0 aromatic rings. The molecule has 14 nitrogen and oxygen atoms in total. The minimum atomic E-state index is -1.49. The third-order valence-electron chi connectivity index (χ3n) is 5.19. The summed E-state index contributed by atoms with van der Waals surface area (Å²) in [6.07, 6.45) is 0.977. The van der Waals surface area contributed by atoms with E-state index in [2.05, 4.69) is 10.6 Å². The molecule has 0 spiro atoms. The van der Waals surface area contributed by atoms with Gasteiger partial charge in [0.15, 0.2) is 0 Å². The summed E-state index contributed by atoms with van der Waals surface area (Å²) in [7, 11) is 0. The molecule has 33 heavy (non-hydrogen) atoms. The smallest absolute Gasteiger partial charge is 0.326 e. The molecule has 0 aliphatic carbocycles. The van der Waals surface area contributed by atoms with Crippen LogP contribution in [0.1, 0.15) is 44.9 Å². The number of primary amides is 2. The molecule has 1 saturated heterocycles. The fourth-order valence-electron chi connectivity index (χ4n) is 3.49. The molecular weight excluding hydrogens is 438 g/mol. The van der Waals surface area contributed by atoms with E-state index in [1.165, 1.54) is 0 Å². The van der Waals surface area contributed by atoms with Gasteiger partial charge in [0.25, 0.3) is 0 Å². The molecule has 1 aliphatic rings. The van der Waals surface area contributed by atoms with Crippen molar-refractivity contribution in [1.82, 2.24) is 15.5 Å². The van der Waals surface area contributed by atoms with Gasteiger partial charge in [0.2, 0.25) is 29.5 Å².